The zero-order valence-corrected chi connectivity index (χ0v) is 13.1. The number of nitrogens with one attached hydrogen (secondary N) is 1. The highest BCUT2D eigenvalue weighted by Crippen LogP contribution is 2.13. The van der Waals surface area contributed by atoms with Gasteiger partial charge < -0.3 is 5.11 Å². The molecule has 0 atom stereocenters. The Morgan fingerprint density at radius 2 is 1.95 bits per heavy atom. The fourth-order valence-electron chi connectivity index (χ4n) is 1.96. The van der Waals surface area contributed by atoms with Crippen LogP contribution >= 0.6 is 0 Å². The van der Waals surface area contributed by atoms with Gasteiger partial charge in [0.2, 0.25) is 10.0 Å². The number of carboxylic acids is 1. The molecule has 0 spiro atoms. The number of nitrogens with zero attached hydrogens (tertiary/aromatic N) is 2. The highest BCUT2D eigenvalue weighted by atomic mass is 32.2. The first-order valence-corrected chi connectivity index (χ1v) is 8.10. The van der Waals surface area contributed by atoms with Crippen LogP contribution in [0.2, 0.25) is 0 Å². The van der Waals surface area contributed by atoms with E-state index in [9.17, 15) is 13.2 Å². The molecule has 2 rings (SSSR count). The molecule has 1 heterocycles. The van der Waals surface area contributed by atoms with Gasteiger partial charge in [-0.15, -0.1) is 0 Å². The lowest BCUT2D eigenvalue weighted by Gasteiger charge is -2.06. The molecule has 0 amide bonds. The zero-order valence-electron chi connectivity index (χ0n) is 12.3. The summed E-state index contributed by atoms with van der Waals surface area (Å²) in [6.45, 7) is 1.91. The van der Waals surface area contributed by atoms with Crippen molar-refractivity contribution in [2.24, 2.45) is 7.05 Å². The maximum atomic E-state index is 12.2. The monoisotopic (exact) mass is 323 g/mol. The standard InChI is InChI=1S/C14H17N3O4S/c1-10-13(9-15-17(10)2)22(20,21)16-8-7-11-3-5-12(6-4-11)14(18)19/h3-6,9,16H,7-8H2,1-2H3,(H,18,19). The molecule has 0 saturated heterocycles. The second-order valence-corrected chi connectivity index (χ2v) is 6.60. The highest BCUT2D eigenvalue weighted by Gasteiger charge is 2.19. The molecule has 2 aromatic rings. The third-order valence-electron chi connectivity index (χ3n) is 3.39. The van der Waals surface area contributed by atoms with E-state index in [0.29, 0.717) is 12.1 Å². The summed E-state index contributed by atoms with van der Waals surface area (Å²) < 4.78 is 28.3. The Morgan fingerprint density at radius 3 is 2.45 bits per heavy atom. The van der Waals surface area contributed by atoms with E-state index < -0.39 is 16.0 Å². The molecular formula is C14H17N3O4S. The molecule has 8 heteroatoms. The van der Waals surface area contributed by atoms with E-state index in [1.165, 1.54) is 23.0 Å². The van der Waals surface area contributed by atoms with E-state index in [-0.39, 0.29) is 17.0 Å². The molecule has 1 aromatic carbocycles. The summed E-state index contributed by atoms with van der Waals surface area (Å²) in [4.78, 5) is 10.9. The smallest absolute Gasteiger partial charge is 0.335 e. The van der Waals surface area contributed by atoms with Gasteiger partial charge in [0, 0.05) is 13.6 Å². The number of rotatable bonds is 6. The third kappa shape index (κ3) is 3.52. The SMILES string of the molecule is Cc1c(S(=O)(=O)NCCc2ccc(C(=O)O)cc2)cnn1C. The fraction of sp³-hybridized carbons (Fsp3) is 0.286. The first-order valence-electron chi connectivity index (χ1n) is 6.62. The lowest BCUT2D eigenvalue weighted by Crippen LogP contribution is -2.26. The molecule has 0 bridgehead atoms. The van der Waals surface area contributed by atoms with E-state index >= 15 is 0 Å². The third-order valence-corrected chi connectivity index (χ3v) is 4.95. The predicted molar refractivity (Wildman–Crippen MR) is 80.2 cm³/mol. The Labute approximate surface area is 128 Å². The van der Waals surface area contributed by atoms with Crippen LogP contribution in [0.1, 0.15) is 21.6 Å². The van der Waals surface area contributed by atoms with Gasteiger partial charge in [-0.05, 0) is 31.0 Å². The quantitative estimate of drug-likeness (QED) is 0.824. The van der Waals surface area contributed by atoms with Crippen LogP contribution in [0.5, 0.6) is 0 Å². The number of aromatic nitrogens is 2. The van der Waals surface area contributed by atoms with E-state index in [1.807, 2.05) is 0 Å². The molecular weight excluding hydrogens is 306 g/mol. The van der Waals surface area contributed by atoms with Crippen molar-refractivity contribution in [2.45, 2.75) is 18.2 Å². The number of hydrogen-bond acceptors (Lipinski definition) is 4. The van der Waals surface area contributed by atoms with Gasteiger partial charge in [-0.25, -0.2) is 17.9 Å². The van der Waals surface area contributed by atoms with Gasteiger partial charge in [0.25, 0.3) is 0 Å². The summed E-state index contributed by atoms with van der Waals surface area (Å²) >= 11 is 0. The molecule has 118 valence electrons. The summed E-state index contributed by atoms with van der Waals surface area (Å²) in [6, 6.07) is 6.34. The maximum absolute atomic E-state index is 12.2. The Balaban J connectivity index is 1.98. The second kappa shape index (κ2) is 6.29. The number of aryl methyl sites for hydroxylation is 1. The van der Waals surface area contributed by atoms with Crippen molar-refractivity contribution in [3.8, 4) is 0 Å². The van der Waals surface area contributed by atoms with Gasteiger partial charge in [-0.2, -0.15) is 5.10 Å². The van der Waals surface area contributed by atoms with Gasteiger partial charge in [-0.3, -0.25) is 4.68 Å². The number of hydrogen-bond donors (Lipinski definition) is 2. The van der Waals surface area contributed by atoms with Crippen LogP contribution < -0.4 is 4.72 Å². The lowest BCUT2D eigenvalue weighted by atomic mass is 10.1. The van der Waals surface area contributed by atoms with Crippen LogP contribution in [0, 0.1) is 6.92 Å². The van der Waals surface area contributed by atoms with Crippen molar-refractivity contribution >= 4 is 16.0 Å². The van der Waals surface area contributed by atoms with Crippen molar-refractivity contribution in [3.63, 3.8) is 0 Å². The maximum Gasteiger partial charge on any atom is 0.335 e. The average Bonchev–Trinajstić information content (AvgIpc) is 2.80. The minimum Gasteiger partial charge on any atom is -0.478 e. The van der Waals surface area contributed by atoms with Crippen LogP contribution in [0.4, 0.5) is 0 Å². The number of carboxylic acid groups (broad SMARTS) is 1. The second-order valence-electron chi connectivity index (χ2n) is 4.87. The van der Waals surface area contributed by atoms with Crippen molar-refractivity contribution in [1.29, 1.82) is 0 Å². The van der Waals surface area contributed by atoms with Crippen LogP contribution in [-0.2, 0) is 23.5 Å². The summed E-state index contributed by atoms with van der Waals surface area (Å²) in [5.74, 6) is -0.987. The molecule has 0 unspecified atom stereocenters. The highest BCUT2D eigenvalue weighted by molar-refractivity contribution is 7.89. The summed E-state index contributed by atoms with van der Waals surface area (Å²) in [5, 5.41) is 12.7. The molecule has 0 radical (unpaired) electrons. The molecule has 0 aliphatic heterocycles. The fourth-order valence-corrected chi connectivity index (χ4v) is 3.20. The molecule has 22 heavy (non-hydrogen) atoms. The molecule has 2 N–H and O–H groups in total. The molecule has 1 aromatic heterocycles. The summed E-state index contributed by atoms with van der Waals surface area (Å²) in [7, 11) is -1.91. The Hall–Kier alpha value is -2.19. The minimum absolute atomic E-state index is 0.163. The Morgan fingerprint density at radius 1 is 1.32 bits per heavy atom. The van der Waals surface area contributed by atoms with Crippen molar-refractivity contribution in [3.05, 3.63) is 47.3 Å². The minimum atomic E-state index is -3.59. The van der Waals surface area contributed by atoms with Crippen molar-refractivity contribution in [1.82, 2.24) is 14.5 Å². The average molecular weight is 323 g/mol. The lowest BCUT2D eigenvalue weighted by molar-refractivity contribution is 0.0697. The largest absolute Gasteiger partial charge is 0.478 e. The molecule has 0 saturated carbocycles. The van der Waals surface area contributed by atoms with Gasteiger partial charge >= 0.3 is 5.97 Å². The van der Waals surface area contributed by atoms with E-state index in [4.69, 9.17) is 5.11 Å². The molecule has 7 nitrogen and oxygen atoms in total. The number of aromatic carboxylic acids is 1. The normalized spacial score (nSPS) is 11.5. The van der Waals surface area contributed by atoms with E-state index in [0.717, 1.165) is 5.56 Å². The number of sulfonamides is 1. The van der Waals surface area contributed by atoms with Crippen LogP contribution in [0.15, 0.2) is 35.4 Å². The van der Waals surface area contributed by atoms with Gasteiger partial charge in [0.15, 0.2) is 0 Å². The number of benzene rings is 1. The Bertz CT molecular complexity index is 779. The van der Waals surface area contributed by atoms with E-state index in [2.05, 4.69) is 9.82 Å². The summed E-state index contributed by atoms with van der Waals surface area (Å²) in [5.41, 5.74) is 1.63. The molecule has 0 aliphatic rings. The number of carbonyl (C=O) groups is 1. The molecule has 0 aliphatic carbocycles. The topological polar surface area (TPSA) is 101 Å². The van der Waals surface area contributed by atoms with Gasteiger partial charge in [0.1, 0.15) is 4.90 Å². The van der Waals surface area contributed by atoms with Gasteiger partial charge in [0.05, 0.1) is 17.5 Å². The first-order chi connectivity index (χ1) is 10.3. The first kappa shape index (κ1) is 16.2. The van der Waals surface area contributed by atoms with Crippen LogP contribution in [0.25, 0.3) is 0 Å². The van der Waals surface area contributed by atoms with Crippen molar-refractivity contribution in [2.75, 3.05) is 6.54 Å². The van der Waals surface area contributed by atoms with E-state index in [1.54, 1.807) is 26.1 Å². The predicted octanol–water partition coefficient (Wildman–Crippen LogP) is 0.948. The Kier molecular flexibility index (Phi) is 4.62. The van der Waals surface area contributed by atoms with Gasteiger partial charge in [-0.1, -0.05) is 12.1 Å². The van der Waals surface area contributed by atoms with Crippen molar-refractivity contribution < 1.29 is 18.3 Å². The van der Waals surface area contributed by atoms with Crippen LogP contribution in [0.3, 0.4) is 0 Å². The molecule has 0 fully saturated rings. The zero-order chi connectivity index (χ0) is 16.3. The summed E-state index contributed by atoms with van der Waals surface area (Å²) in [6.07, 6.45) is 1.79. The van der Waals surface area contributed by atoms with Crippen LogP contribution in [-0.4, -0.2) is 35.8 Å².